The summed E-state index contributed by atoms with van der Waals surface area (Å²) in [6, 6.07) is 6.90. The van der Waals surface area contributed by atoms with Crippen LogP contribution in [0.3, 0.4) is 0 Å². The smallest absolute Gasteiger partial charge is 0.320 e. The number of hydrogen-bond acceptors (Lipinski definition) is 3. The molecule has 1 aliphatic carbocycles. The minimum atomic E-state index is -0.559. The van der Waals surface area contributed by atoms with E-state index >= 15 is 0 Å². The molecular weight excluding hydrogens is 286 g/mol. The lowest BCUT2D eigenvalue weighted by Crippen LogP contribution is -2.58. The van der Waals surface area contributed by atoms with Crippen molar-refractivity contribution >= 4 is 28.9 Å². The van der Waals surface area contributed by atoms with Gasteiger partial charge in [-0.3, -0.25) is 0 Å². The number of thiocarbonyl (C=S) groups is 1. The van der Waals surface area contributed by atoms with Gasteiger partial charge >= 0.3 is 6.03 Å². The molecular formula is C15H21N3O2S. The van der Waals surface area contributed by atoms with Gasteiger partial charge in [-0.25, -0.2) is 4.79 Å². The van der Waals surface area contributed by atoms with Gasteiger partial charge < -0.3 is 21.1 Å². The number of methoxy groups -OCH3 is 1. The Morgan fingerprint density at radius 1 is 1.33 bits per heavy atom. The molecule has 0 bridgehead atoms. The zero-order chi connectivity index (χ0) is 15.3. The summed E-state index contributed by atoms with van der Waals surface area (Å²) in [4.78, 5) is 12.6. The molecule has 6 heteroatoms. The number of urea groups is 1. The zero-order valence-electron chi connectivity index (χ0n) is 12.1. The Bertz CT molecular complexity index is 527. The van der Waals surface area contributed by atoms with Crippen LogP contribution in [0.25, 0.3) is 0 Å². The molecule has 2 rings (SSSR count). The van der Waals surface area contributed by atoms with Gasteiger partial charge in [0.25, 0.3) is 0 Å². The molecule has 0 atom stereocenters. The fraction of sp³-hybridized carbons (Fsp3) is 0.467. The normalized spacial score (nSPS) is 16.8. The maximum Gasteiger partial charge on any atom is 0.320 e. The maximum absolute atomic E-state index is 12.2. The van der Waals surface area contributed by atoms with Crippen LogP contribution in [0.4, 0.5) is 10.5 Å². The lowest BCUT2D eigenvalue weighted by Gasteiger charge is -2.37. The number of anilines is 1. The molecule has 1 aromatic carbocycles. The Balaban J connectivity index is 2.03. The van der Waals surface area contributed by atoms with Crippen LogP contribution in [-0.2, 0) is 0 Å². The highest BCUT2D eigenvalue weighted by molar-refractivity contribution is 7.80. The third-order valence-electron chi connectivity index (χ3n) is 3.86. The van der Waals surface area contributed by atoms with Crippen LogP contribution in [-0.4, -0.2) is 23.7 Å². The topological polar surface area (TPSA) is 76.4 Å². The second-order valence-corrected chi connectivity index (χ2v) is 5.76. The molecule has 0 heterocycles. The Kier molecular flexibility index (Phi) is 5.01. The standard InChI is InChI=1S/C15H21N3O2S/c1-20-12-7-5-6-11(10-12)17-14(19)18-15(13(16)21)8-3-2-4-9-15/h5-7,10H,2-4,8-9H2,1H3,(H2,16,21)(H2,17,18,19). The highest BCUT2D eigenvalue weighted by Gasteiger charge is 2.36. The zero-order valence-corrected chi connectivity index (χ0v) is 13.0. The number of ether oxygens (including phenoxy) is 1. The van der Waals surface area contributed by atoms with Gasteiger partial charge in [0, 0.05) is 11.8 Å². The highest BCUT2D eigenvalue weighted by atomic mass is 32.1. The van der Waals surface area contributed by atoms with E-state index in [0.29, 0.717) is 16.4 Å². The fourth-order valence-corrected chi connectivity index (χ4v) is 2.92. The van der Waals surface area contributed by atoms with Crippen molar-refractivity contribution in [2.75, 3.05) is 12.4 Å². The number of amides is 2. The van der Waals surface area contributed by atoms with Gasteiger partial charge in [-0.15, -0.1) is 0 Å². The monoisotopic (exact) mass is 307 g/mol. The average Bonchev–Trinajstić information content (AvgIpc) is 2.48. The first-order valence-electron chi connectivity index (χ1n) is 7.09. The van der Waals surface area contributed by atoms with E-state index in [9.17, 15) is 4.79 Å². The SMILES string of the molecule is COc1cccc(NC(=O)NC2(C(N)=S)CCCCC2)c1. The van der Waals surface area contributed by atoms with Crippen molar-refractivity contribution in [2.45, 2.75) is 37.6 Å². The number of benzene rings is 1. The van der Waals surface area contributed by atoms with Gasteiger partial charge in [0.15, 0.2) is 0 Å². The highest BCUT2D eigenvalue weighted by Crippen LogP contribution is 2.28. The minimum absolute atomic E-state index is 0.294. The predicted octanol–water partition coefficient (Wildman–Crippen LogP) is 2.81. The largest absolute Gasteiger partial charge is 0.497 e. The molecule has 114 valence electrons. The molecule has 0 unspecified atom stereocenters. The summed E-state index contributed by atoms with van der Waals surface area (Å²) in [7, 11) is 1.59. The third-order valence-corrected chi connectivity index (χ3v) is 4.25. The Labute approximate surface area is 130 Å². The van der Waals surface area contributed by atoms with Gasteiger partial charge in [0.05, 0.1) is 17.6 Å². The number of hydrogen-bond donors (Lipinski definition) is 3. The van der Waals surface area contributed by atoms with Gasteiger partial charge in [0.1, 0.15) is 5.75 Å². The molecule has 1 aliphatic rings. The summed E-state index contributed by atoms with van der Waals surface area (Å²) in [5.74, 6) is 0.689. The van der Waals surface area contributed by atoms with Gasteiger partial charge in [-0.2, -0.15) is 0 Å². The summed E-state index contributed by atoms with van der Waals surface area (Å²) in [6.07, 6.45) is 4.80. The first-order valence-corrected chi connectivity index (χ1v) is 7.50. The second kappa shape index (κ2) is 6.76. The first-order chi connectivity index (χ1) is 10.1. The van der Waals surface area contributed by atoms with Crippen LogP contribution in [0.15, 0.2) is 24.3 Å². The van der Waals surface area contributed by atoms with Crippen LogP contribution in [0.5, 0.6) is 5.75 Å². The molecule has 1 aromatic rings. The summed E-state index contributed by atoms with van der Waals surface area (Å²) in [6.45, 7) is 0. The van der Waals surface area contributed by atoms with Crippen molar-refractivity contribution in [1.82, 2.24) is 5.32 Å². The molecule has 4 N–H and O–H groups in total. The average molecular weight is 307 g/mol. The molecule has 0 saturated heterocycles. The van der Waals surface area contributed by atoms with E-state index < -0.39 is 5.54 Å². The van der Waals surface area contributed by atoms with Crippen LogP contribution >= 0.6 is 12.2 Å². The van der Waals surface area contributed by atoms with E-state index in [1.165, 1.54) is 0 Å². The molecule has 0 aliphatic heterocycles. The Morgan fingerprint density at radius 3 is 2.67 bits per heavy atom. The molecule has 0 radical (unpaired) electrons. The van der Waals surface area contributed by atoms with E-state index in [1.807, 2.05) is 12.1 Å². The van der Waals surface area contributed by atoms with Crippen molar-refractivity contribution in [3.63, 3.8) is 0 Å². The number of nitrogens with two attached hydrogens (primary N) is 1. The van der Waals surface area contributed by atoms with Crippen LogP contribution < -0.4 is 21.1 Å². The van der Waals surface area contributed by atoms with Crippen molar-refractivity contribution in [3.05, 3.63) is 24.3 Å². The number of nitrogens with one attached hydrogen (secondary N) is 2. The van der Waals surface area contributed by atoms with E-state index in [1.54, 1.807) is 19.2 Å². The van der Waals surface area contributed by atoms with E-state index in [-0.39, 0.29) is 6.03 Å². The van der Waals surface area contributed by atoms with Crippen molar-refractivity contribution in [3.8, 4) is 5.75 Å². The lowest BCUT2D eigenvalue weighted by atomic mass is 9.81. The van der Waals surface area contributed by atoms with Crippen LogP contribution in [0.2, 0.25) is 0 Å². The molecule has 5 nitrogen and oxygen atoms in total. The summed E-state index contributed by atoms with van der Waals surface area (Å²) in [5.41, 5.74) is 5.97. The molecule has 1 saturated carbocycles. The third kappa shape index (κ3) is 3.85. The Hall–Kier alpha value is -1.82. The summed E-state index contributed by atoms with van der Waals surface area (Å²) >= 11 is 5.17. The molecule has 21 heavy (non-hydrogen) atoms. The minimum Gasteiger partial charge on any atom is -0.497 e. The van der Waals surface area contributed by atoms with E-state index in [2.05, 4.69) is 10.6 Å². The van der Waals surface area contributed by atoms with Gasteiger partial charge in [-0.1, -0.05) is 37.5 Å². The molecule has 0 spiro atoms. The predicted molar refractivity (Wildman–Crippen MR) is 87.7 cm³/mol. The second-order valence-electron chi connectivity index (χ2n) is 5.32. The van der Waals surface area contributed by atoms with E-state index in [4.69, 9.17) is 22.7 Å². The summed E-state index contributed by atoms with van der Waals surface area (Å²) < 4.78 is 5.13. The number of rotatable bonds is 4. The number of carbonyl (C=O) groups is 1. The molecule has 2 amide bonds. The van der Waals surface area contributed by atoms with Crippen molar-refractivity contribution in [1.29, 1.82) is 0 Å². The first kappa shape index (κ1) is 15.6. The van der Waals surface area contributed by atoms with Crippen LogP contribution in [0.1, 0.15) is 32.1 Å². The van der Waals surface area contributed by atoms with Crippen molar-refractivity contribution < 1.29 is 9.53 Å². The van der Waals surface area contributed by atoms with Gasteiger partial charge in [0.2, 0.25) is 0 Å². The lowest BCUT2D eigenvalue weighted by molar-refractivity contribution is 0.236. The van der Waals surface area contributed by atoms with E-state index in [0.717, 1.165) is 32.1 Å². The fourth-order valence-electron chi connectivity index (χ4n) is 2.67. The Morgan fingerprint density at radius 2 is 2.05 bits per heavy atom. The quantitative estimate of drug-likeness (QED) is 0.748. The molecule has 0 aromatic heterocycles. The van der Waals surface area contributed by atoms with Crippen LogP contribution in [0, 0.1) is 0 Å². The van der Waals surface area contributed by atoms with Gasteiger partial charge in [-0.05, 0) is 25.0 Å². The molecule has 1 fully saturated rings. The van der Waals surface area contributed by atoms with Crippen molar-refractivity contribution in [2.24, 2.45) is 5.73 Å². The summed E-state index contributed by atoms with van der Waals surface area (Å²) in [5, 5.41) is 5.76. The maximum atomic E-state index is 12.2. The number of carbonyl (C=O) groups excluding carboxylic acids is 1.